The Kier molecular flexibility index (Phi) is 0.940. The van der Waals surface area contributed by atoms with Gasteiger partial charge in [0.05, 0.1) is 5.70 Å². The van der Waals surface area contributed by atoms with Crippen molar-refractivity contribution in [3.05, 3.63) is 17.0 Å². The first-order chi connectivity index (χ1) is 4.36. The summed E-state index contributed by atoms with van der Waals surface area (Å²) in [7, 11) is 0. The van der Waals surface area contributed by atoms with Crippen molar-refractivity contribution < 1.29 is 0 Å². The Hall–Kier alpha value is -0.680. The van der Waals surface area contributed by atoms with Crippen molar-refractivity contribution in [3.63, 3.8) is 0 Å². The van der Waals surface area contributed by atoms with E-state index < -0.39 is 0 Å². The fourth-order valence-electron chi connectivity index (χ4n) is 1.40. The van der Waals surface area contributed by atoms with E-state index in [4.69, 9.17) is 5.73 Å². The molecule has 0 aliphatic heterocycles. The lowest BCUT2D eigenvalue weighted by molar-refractivity contribution is 0.358. The molecule has 0 spiro atoms. The fraction of sp³-hybridized carbons (Fsp3) is 0.625. The highest BCUT2D eigenvalue weighted by Crippen LogP contribution is 2.37. The van der Waals surface area contributed by atoms with E-state index in [9.17, 15) is 0 Å². The number of rotatable bonds is 1. The summed E-state index contributed by atoms with van der Waals surface area (Å²) in [5.41, 5.74) is 11.1. The number of hydrogen-bond donors (Lipinski definition) is 1. The summed E-state index contributed by atoms with van der Waals surface area (Å²) in [6.45, 7) is 0. The van der Waals surface area contributed by atoms with Gasteiger partial charge in [-0.2, -0.15) is 0 Å². The van der Waals surface area contributed by atoms with E-state index in [1.807, 2.05) is 0 Å². The minimum Gasteiger partial charge on any atom is -0.395 e. The maximum atomic E-state index is 5.47. The second-order valence-corrected chi connectivity index (χ2v) is 2.98. The molecule has 0 atom stereocenters. The minimum atomic E-state index is 0.872. The first-order valence-electron chi connectivity index (χ1n) is 3.60. The molecule has 1 nitrogen and oxygen atoms in total. The Bertz CT molecular complexity index is 193. The summed E-state index contributed by atoms with van der Waals surface area (Å²) in [6.07, 6.45) is 5.23. The van der Waals surface area contributed by atoms with E-state index in [1.165, 1.54) is 24.8 Å². The molecule has 0 bridgehead atoms. The van der Waals surface area contributed by atoms with Gasteiger partial charge in [-0.15, -0.1) is 0 Å². The maximum Gasteiger partial charge on any atom is 0.0559 e. The predicted octanol–water partition coefficient (Wildman–Crippen LogP) is 1.56. The number of hydrogen-bond acceptors (Lipinski definition) is 1. The van der Waals surface area contributed by atoms with Crippen molar-refractivity contribution in [2.24, 2.45) is 11.7 Å². The summed E-state index contributed by atoms with van der Waals surface area (Å²) < 4.78 is 0. The Balaban J connectivity index is 2.08. The molecular weight excluding hydrogens is 110 g/mol. The predicted molar refractivity (Wildman–Crippen MR) is 36.7 cm³/mol. The summed E-state index contributed by atoms with van der Waals surface area (Å²) in [6, 6.07) is 0. The number of nitrogens with two attached hydrogens (primary N) is 1. The van der Waals surface area contributed by atoms with Crippen molar-refractivity contribution in [1.82, 2.24) is 0 Å². The molecule has 0 heterocycles. The first-order valence-corrected chi connectivity index (χ1v) is 3.60. The Morgan fingerprint density at radius 1 is 1.44 bits per heavy atom. The third-order valence-electron chi connectivity index (χ3n) is 2.30. The molecule has 2 aliphatic carbocycles. The van der Waals surface area contributed by atoms with Crippen LogP contribution in [0.1, 0.15) is 25.7 Å². The van der Waals surface area contributed by atoms with Crippen LogP contribution in [0.5, 0.6) is 0 Å². The van der Waals surface area contributed by atoms with Crippen LogP contribution >= 0.6 is 0 Å². The van der Waals surface area contributed by atoms with E-state index in [-0.39, 0.29) is 0 Å². The standard InChI is InChI=1S/C8H11N/c9-8-4-7(5-8)6-2-1-3-6/h6H,1-4,9H2. The normalized spacial score (nSPS) is 25.8. The quantitative estimate of drug-likeness (QED) is 0.523. The van der Waals surface area contributed by atoms with Gasteiger partial charge < -0.3 is 5.73 Å². The lowest BCUT2D eigenvalue weighted by Crippen LogP contribution is -2.18. The third kappa shape index (κ3) is 0.691. The van der Waals surface area contributed by atoms with Crippen LogP contribution in [0.2, 0.25) is 0 Å². The maximum absolute atomic E-state index is 5.47. The molecule has 0 aromatic rings. The van der Waals surface area contributed by atoms with Crippen LogP contribution < -0.4 is 5.73 Å². The van der Waals surface area contributed by atoms with Crippen molar-refractivity contribution in [3.8, 4) is 0 Å². The third-order valence-corrected chi connectivity index (χ3v) is 2.30. The summed E-state index contributed by atoms with van der Waals surface area (Å²) in [5, 5.41) is 0. The Labute approximate surface area is 55.2 Å². The van der Waals surface area contributed by atoms with E-state index >= 15 is 0 Å². The lowest BCUT2D eigenvalue weighted by atomic mass is 9.76. The molecule has 0 saturated heterocycles. The fourth-order valence-corrected chi connectivity index (χ4v) is 1.40. The minimum absolute atomic E-state index is 0.872. The van der Waals surface area contributed by atoms with Crippen LogP contribution in [0.15, 0.2) is 17.0 Å². The second kappa shape index (κ2) is 1.65. The molecule has 2 aliphatic rings. The van der Waals surface area contributed by atoms with Gasteiger partial charge in [0.2, 0.25) is 0 Å². The van der Waals surface area contributed by atoms with Gasteiger partial charge in [-0.1, -0.05) is 12.2 Å². The van der Waals surface area contributed by atoms with Crippen LogP contribution in [-0.2, 0) is 0 Å². The second-order valence-electron chi connectivity index (χ2n) is 2.98. The molecule has 0 unspecified atom stereocenters. The molecule has 1 fully saturated rings. The molecule has 48 valence electrons. The molecule has 0 amide bonds. The monoisotopic (exact) mass is 121 g/mol. The van der Waals surface area contributed by atoms with Crippen molar-refractivity contribution in [2.75, 3.05) is 0 Å². The summed E-state index contributed by atoms with van der Waals surface area (Å²) in [5.74, 6) is 0.872. The van der Waals surface area contributed by atoms with E-state index in [0.717, 1.165) is 18.0 Å². The van der Waals surface area contributed by atoms with Crippen LogP contribution in [0.25, 0.3) is 0 Å². The van der Waals surface area contributed by atoms with Gasteiger partial charge in [-0.3, -0.25) is 0 Å². The van der Waals surface area contributed by atoms with Crippen molar-refractivity contribution in [2.45, 2.75) is 25.7 Å². The topological polar surface area (TPSA) is 26.0 Å². The van der Waals surface area contributed by atoms with E-state index in [2.05, 4.69) is 5.73 Å². The average Bonchev–Trinajstić information content (AvgIpc) is 1.57. The van der Waals surface area contributed by atoms with Gasteiger partial charge >= 0.3 is 0 Å². The molecule has 9 heavy (non-hydrogen) atoms. The summed E-state index contributed by atoms with van der Waals surface area (Å²) >= 11 is 0. The molecule has 2 N–H and O–H groups in total. The highest BCUT2D eigenvalue weighted by Gasteiger charge is 2.24. The highest BCUT2D eigenvalue weighted by molar-refractivity contribution is 5.26. The van der Waals surface area contributed by atoms with Gasteiger partial charge in [0, 0.05) is 6.42 Å². The van der Waals surface area contributed by atoms with E-state index in [0.29, 0.717) is 0 Å². The molecule has 0 aromatic heterocycles. The van der Waals surface area contributed by atoms with Gasteiger partial charge in [-0.05, 0) is 24.3 Å². The van der Waals surface area contributed by atoms with Crippen molar-refractivity contribution >= 4 is 0 Å². The average molecular weight is 121 g/mol. The molecule has 2 rings (SSSR count). The molecule has 0 aromatic carbocycles. The van der Waals surface area contributed by atoms with Gasteiger partial charge in [-0.25, -0.2) is 0 Å². The van der Waals surface area contributed by atoms with E-state index in [1.54, 1.807) is 0 Å². The van der Waals surface area contributed by atoms with Crippen LogP contribution in [-0.4, -0.2) is 0 Å². The molecule has 1 saturated carbocycles. The molecule has 1 heteroatoms. The Morgan fingerprint density at radius 3 is 2.44 bits per heavy atom. The zero-order chi connectivity index (χ0) is 6.27. The zero-order valence-electron chi connectivity index (χ0n) is 5.48. The smallest absolute Gasteiger partial charge is 0.0559 e. The van der Waals surface area contributed by atoms with Gasteiger partial charge in [0.1, 0.15) is 0 Å². The van der Waals surface area contributed by atoms with Crippen LogP contribution in [0.4, 0.5) is 0 Å². The molecular formula is C8H11N. The lowest BCUT2D eigenvalue weighted by Gasteiger charge is -2.29. The SMILES string of the molecule is NC1=C=C(C2CCC2)C1. The highest BCUT2D eigenvalue weighted by atomic mass is 14.6. The van der Waals surface area contributed by atoms with Gasteiger partial charge in [0.15, 0.2) is 0 Å². The molecule has 0 radical (unpaired) electrons. The largest absolute Gasteiger partial charge is 0.395 e. The zero-order valence-corrected chi connectivity index (χ0v) is 5.48. The van der Waals surface area contributed by atoms with Crippen LogP contribution in [0, 0.1) is 5.92 Å². The van der Waals surface area contributed by atoms with Crippen molar-refractivity contribution in [1.29, 1.82) is 0 Å². The summed E-state index contributed by atoms with van der Waals surface area (Å²) in [4.78, 5) is 0. The Morgan fingerprint density at radius 2 is 2.11 bits per heavy atom. The first kappa shape index (κ1) is 5.13. The van der Waals surface area contributed by atoms with Crippen LogP contribution in [0.3, 0.4) is 0 Å². The van der Waals surface area contributed by atoms with Gasteiger partial charge in [0.25, 0.3) is 0 Å².